The van der Waals surface area contributed by atoms with Gasteiger partial charge in [-0.3, -0.25) is 9.89 Å². The Morgan fingerprint density at radius 1 is 1.36 bits per heavy atom. The lowest BCUT2D eigenvalue weighted by molar-refractivity contribution is 0.0930. The molecule has 134 valence electrons. The van der Waals surface area contributed by atoms with Crippen LogP contribution in [0.2, 0.25) is 0 Å². The number of hydrogen-bond acceptors (Lipinski definition) is 5. The Balaban J connectivity index is 1.68. The number of benzene rings is 1. The minimum absolute atomic E-state index is 0.0106. The third kappa shape index (κ3) is 4.06. The minimum atomic E-state index is -3.65. The van der Waals surface area contributed by atoms with Crippen LogP contribution >= 0.6 is 0 Å². The summed E-state index contributed by atoms with van der Waals surface area (Å²) in [6.45, 7) is 1.34. The zero-order valence-electron chi connectivity index (χ0n) is 13.8. The van der Waals surface area contributed by atoms with Gasteiger partial charge in [0, 0.05) is 25.4 Å². The largest absolute Gasteiger partial charge is 0.379 e. The molecule has 3 rings (SSSR count). The fourth-order valence-electron chi connectivity index (χ4n) is 2.57. The van der Waals surface area contributed by atoms with E-state index in [0.29, 0.717) is 24.5 Å². The fraction of sp³-hybridized carbons (Fsp3) is 0.375. The van der Waals surface area contributed by atoms with Gasteiger partial charge in [-0.25, -0.2) is 8.42 Å². The summed E-state index contributed by atoms with van der Waals surface area (Å²) in [5, 5.41) is 9.40. The lowest BCUT2D eigenvalue weighted by Gasteiger charge is -2.16. The van der Waals surface area contributed by atoms with Crippen molar-refractivity contribution in [3.05, 3.63) is 47.8 Å². The summed E-state index contributed by atoms with van der Waals surface area (Å²) in [6.07, 6.45) is 2.36. The standard InChI is InChI=1S/C16H20N4O4S/c1-20(10-13-6-8-17-19-13)25(22,23)15-4-2-12(3-5-15)16(21)18-14-7-9-24-11-14/h2-6,8,14H,7,9-11H2,1H3,(H,17,19)(H,18,21). The number of aromatic nitrogens is 2. The van der Waals surface area contributed by atoms with E-state index in [1.54, 1.807) is 12.3 Å². The van der Waals surface area contributed by atoms with Crippen molar-refractivity contribution in [2.45, 2.75) is 23.9 Å². The molecule has 1 aromatic carbocycles. The quantitative estimate of drug-likeness (QED) is 0.787. The first-order valence-electron chi connectivity index (χ1n) is 7.90. The van der Waals surface area contributed by atoms with E-state index in [9.17, 15) is 13.2 Å². The molecule has 2 aromatic rings. The van der Waals surface area contributed by atoms with Crippen molar-refractivity contribution in [2.24, 2.45) is 0 Å². The van der Waals surface area contributed by atoms with E-state index in [2.05, 4.69) is 15.5 Å². The second kappa shape index (κ2) is 7.34. The van der Waals surface area contributed by atoms with Gasteiger partial charge in [-0.1, -0.05) is 0 Å². The van der Waals surface area contributed by atoms with Gasteiger partial charge in [-0.15, -0.1) is 0 Å². The number of aromatic amines is 1. The number of H-pyrrole nitrogens is 1. The maximum atomic E-state index is 12.6. The molecular weight excluding hydrogens is 344 g/mol. The smallest absolute Gasteiger partial charge is 0.251 e. The van der Waals surface area contributed by atoms with Crippen molar-refractivity contribution in [1.29, 1.82) is 0 Å². The van der Waals surface area contributed by atoms with Crippen molar-refractivity contribution < 1.29 is 17.9 Å². The molecule has 9 heteroatoms. The van der Waals surface area contributed by atoms with Crippen LogP contribution in [0, 0.1) is 0 Å². The SMILES string of the molecule is CN(Cc1ccn[nH]1)S(=O)(=O)c1ccc(C(=O)NC2CCOC2)cc1. The molecule has 8 nitrogen and oxygen atoms in total. The summed E-state index contributed by atoms with van der Waals surface area (Å²) in [7, 11) is -2.15. The monoisotopic (exact) mass is 364 g/mol. The summed E-state index contributed by atoms with van der Waals surface area (Å²) in [4.78, 5) is 12.3. The number of ether oxygens (including phenoxy) is 1. The molecule has 1 amide bonds. The maximum absolute atomic E-state index is 12.6. The molecule has 1 saturated heterocycles. The summed E-state index contributed by atoms with van der Waals surface area (Å²) < 4.78 is 31.6. The second-order valence-electron chi connectivity index (χ2n) is 5.90. The Hall–Kier alpha value is -2.23. The van der Waals surface area contributed by atoms with Crippen LogP contribution in [0.4, 0.5) is 0 Å². The van der Waals surface area contributed by atoms with Crippen molar-refractivity contribution in [2.75, 3.05) is 20.3 Å². The normalized spacial score (nSPS) is 17.8. The molecular formula is C16H20N4O4S. The molecule has 2 N–H and O–H groups in total. The molecule has 1 fully saturated rings. The fourth-order valence-corrected chi connectivity index (χ4v) is 3.72. The Bertz CT molecular complexity index is 812. The number of carbonyl (C=O) groups is 1. The van der Waals surface area contributed by atoms with Gasteiger partial charge in [0.25, 0.3) is 5.91 Å². The molecule has 1 atom stereocenters. The highest BCUT2D eigenvalue weighted by molar-refractivity contribution is 7.89. The van der Waals surface area contributed by atoms with E-state index in [4.69, 9.17) is 4.74 Å². The topological polar surface area (TPSA) is 104 Å². The van der Waals surface area contributed by atoms with Crippen LogP contribution in [0.25, 0.3) is 0 Å². The van der Waals surface area contributed by atoms with Crippen LogP contribution in [0.1, 0.15) is 22.5 Å². The van der Waals surface area contributed by atoms with Crippen molar-refractivity contribution in [3.8, 4) is 0 Å². The van der Waals surface area contributed by atoms with Gasteiger partial charge in [-0.2, -0.15) is 9.40 Å². The zero-order chi connectivity index (χ0) is 17.9. The first kappa shape index (κ1) is 17.6. The number of rotatable bonds is 6. The molecule has 25 heavy (non-hydrogen) atoms. The Kier molecular flexibility index (Phi) is 5.16. The lowest BCUT2D eigenvalue weighted by Crippen LogP contribution is -2.35. The molecule has 2 heterocycles. The third-order valence-electron chi connectivity index (χ3n) is 4.04. The van der Waals surface area contributed by atoms with Gasteiger partial charge in [-0.05, 0) is 36.8 Å². The number of sulfonamides is 1. The third-order valence-corrected chi connectivity index (χ3v) is 5.86. The lowest BCUT2D eigenvalue weighted by atomic mass is 10.2. The van der Waals surface area contributed by atoms with Crippen LogP contribution in [0.3, 0.4) is 0 Å². The highest BCUT2D eigenvalue weighted by Crippen LogP contribution is 2.17. The molecule has 1 aliphatic heterocycles. The Morgan fingerprint density at radius 3 is 2.72 bits per heavy atom. The van der Waals surface area contributed by atoms with E-state index in [1.807, 2.05) is 0 Å². The summed E-state index contributed by atoms with van der Waals surface area (Å²) in [5.74, 6) is -0.231. The van der Waals surface area contributed by atoms with Gasteiger partial charge in [0.05, 0.1) is 29.8 Å². The van der Waals surface area contributed by atoms with E-state index in [1.165, 1.54) is 35.6 Å². The predicted octanol–water partition coefficient (Wildman–Crippen LogP) is 0.749. The number of amides is 1. The van der Waals surface area contributed by atoms with E-state index >= 15 is 0 Å². The van der Waals surface area contributed by atoms with Crippen LogP contribution in [0.15, 0.2) is 41.4 Å². The van der Waals surface area contributed by atoms with Crippen LogP contribution in [-0.2, 0) is 21.3 Å². The molecule has 0 saturated carbocycles. The first-order valence-corrected chi connectivity index (χ1v) is 9.34. The molecule has 1 aliphatic rings. The second-order valence-corrected chi connectivity index (χ2v) is 7.95. The van der Waals surface area contributed by atoms with Crippen LogP contribution < -0.4 is 5.32 Å². The summed E-state index contributed by atoms with van der Waals surface area (Å²) in [6, 6.07) is 7.64. The van der Waals surface area contributed by atoms with Crippen LogP contribution in [0.5, 0.6) is 0 Å². The highest BCUT2D eigenvalue weighted by Gasteiger charge is 2.22. The van der Waals surface area contributed by atoms with E-state index in [0.717, 1.165) is 6.42 Å². The molecule has 0 aliphatic carbocycles. The molecule has 0 bridgehead atoms. The summed E-state index contributed by atoms with van der Waals surface area (Å²) in [5.41, 5.74) is 1.11. The Morgan fingerprint density at radius 2 is 2.12 bits per heavy atom. The number of nitrogens with one attached hydrogen (secondary N) is 2. The average Bonchev–Trinajstić information content (AvgIpc) is 3.29. The molecule has 0 spiro atoms. The number of nitrogens with zero attached hydrogens (tertiary/aromatic N) is 2. The van der Waals surface area contributed by atoms with Gasteiger partial charge in [0.15, 0.2) is 0 Å². The number of carbonyl (C=O) groups excluding carboxylic acids is 1. The zero-order valence-corrected chi connectivity index (χ0v) is 14.6. The van der Waals surface area contributed by atoms with Gasteiger partial charge in [0.1, 0.15) is 0 Å². The minimum Gasteiger partial charge on any atom is -0.379 e. The average molecular weight is 364 g/mol. The van der Waals surface area contributed by atoms with E-state index in [-0.39, 0.29) is 23.4 Å². The first-order chi connectivity index (χ1) is 12.0. The predicted molar refractivity (Wildman–Crippen MR) is 90.4 cm³/mol. The van der Waals surface area contributed by atoms with Crippen molar-refractivity contribution in [1.82, 2.24) is 19.8 Å². The van der Waals surface area contributed by atoms with Gasteiger partial charge in [0.2, 0.25) is 10.0 Å². The van der Waals surface area contributed by atoms with Crippen molar-refractivity contribution in [3.63, 3.8) is 0 Å². The van der Waals surface area contributed by atoms with Gasteiger partial charge < -0.3 is 10.1 Å². The van der Waals surface area contributed by atoms with Gasteiger partial charge >= 0.3 is 0 Å². The molecule has 1 unspecified atom stereocenters. The summed E-state index contributed by atoms with van der Waals surface area (Å²) >= 11 is 0. The number of hydrogen-bond donors (Lipinski definition) is 2. The highest BCUT2D eigenvalue weighted by atomic mass is 32.2. The van der Waals surface area contributed by atoms with Crippen molar-refractivity contribution >= 4 is 15.9 Å². The Labute approximate surface area is 146 Å². The van der Waals surface area contributed by atoms with Crippen LogP contribution in [-0.4, -0.2) is 55.1 Å². The maximum Gasteiger partial charge on any atom is 0.251 e. The van der Waals surface area contributed by atoms with E-state index < -0.39 is 10.0 Å². The molecule has 0 radical (unpaired) electrons. The molecule has 1 aromatic heterocycles.